The van der Waals surface area contributed by atoms with Crippen molar-refractivity contribution in [1.29, 1.82) is 0 Å². The van der Waals surface area contributed by atoms with E-state index in [1.54, 1.807) is 6.92 Å². The lowest BCUT2D eigenvalue weighted by Gasteiger charge is -2.45. The molecule has 7 heteroatoms. The summed E-state index contributed by atoms with van der Waals surface area (Å²) < 4.78 is 0. The van der Waals surface area contributed by atoms with Gasteiger partial charge < -0.3 is 16.0 Å². The molecule has 1 aromatic rings. The third-order valence-corrected chi connectivity index (χ3v) is 5.71. The van der Waals surface area contributed by atoms with Gasteiger partial charge in [0.15, 0.2) is 0 Å². The van der Waals surface area contributed by atoms with Crippen LogP contribution in [0.15, 0.2) is 4.79 Å². The smallest absolute Gasteiger partial charge is 0.264 e. The molecule has 2 atom stereocenters. The highest BCUT2D eigenvalue weighted by Gasteiger charge is 2.40. The van der Waals surface area contributed by atoms with Gasteiger partial charge in [0.1, 0.15) is 11.4 Å². The number of aryl methyl sites for hydroxylation is 1. The Morgan fingerprint density at radius 1 is 1.23 bits per heavy atom. The first-order chi connectivity index (χ1) is 11.7. The minimum atomic E-state index is -0.354. The zero-order chi connectivity index (χ0) is 18.4. The van der Waals surface area contributed by atoms with Crippen LogP contribution in [-0.4, -0.2) is 28.0 Å². The zero-order valence-corrected chi connectivity index (χ0v) is 16.9. The minimum Gasteiger partial charge on any atom is -0.349 e. The fourth-order valence-corrected chi connectivity index (χ4v) is 4.46. The molecule has 1 amide bonds. The first kappa shape index (κ1) is 20.9. The van der Waals surface area contributed by atoms with Gasteiger partial charge in [-0.1, -0.05) is 27.2 Å². The Labute approximate surface area is 161 Å². The number of H-pyrrole nitrogens is 1. The van der Waals surface area contributed by atoms with E-state index in [9.17, 15) is 9.59 Å². The molecular weight excluding hydrogens is 352 g/mol. The molecule has 0 aliphatic heterocycles. The van der Waals surface area contributed by atoms with E-state index in [0.29, 0.717) is 23.4 Å². The Bertz CT molecular complexity index is 711. The summed E-state index contributed by atoms with van der Waals surface area (Å²) in [5, 5.41) is 3.14. The molecule has 1 aromatic heterocycles. The van der Waals surface area contributed by atoms with Crippen molar-refractivity contribution in [2.24, 2.45) is 17.6 Å². The second-order valence-electron chi connectivity index (χ2n) is 8.81. The number of aromatic nitrogens is 2. The van der Waals surface area contributed by atoms with Gasteiger partial charge >= 0.3 is 0 Å². The van der Waals surface area contributed by atoms with E-state index in [4.69, 9.17) is 5.73 Å². The number of hydrogen-bond donors (Lipinski definition) is 3. The average Bonchev–Trinajstić information content (AvgIpc) is 2.46. The number of amides is 1. The highest BCUT2D eigenvalue weighted by atomic mass is 35.5. The van der Waals surface area contributed by atoms with Crippen molar-refractivity contribution >= 4 is 18.3 Å². The lowest BCUT2D eigenvalue weighted by Crippen LogP contribution is -2.54. The Morgan fingerprint density at radius 3 is 2.31 bits per heavy atom. The predicted octanol–water partition coefficient (Wildman–Crippen LogP) is 2.43. The number of rotatable bonds is 2. The summed E-state index contributed by atoms with van der Waals surface area (Å²) in [4.78, 5) is 32.6. The largest absolute Gasteiger partial charge is 0.349 e. The summed E-state index contributed by atoms with van der Waals surface area (Å²) in [5.74, 6) is 1.15. The molecule has 2 aliphatic carbocycles. The molecule has 2 aliphatic rings. The number of aromatic amines is 1. The van der Waals surface area contributed by atoms with E-state index in [2.05, 4.69) is 15.3 Å². The van der Waals surface area contributed by atoms with Gasteiger partial charge in [0, 0.05) is 17.5 Å². The van der Waals surface area contributed by atoms with Gasteiger partial charge in [-0.25, -0.2) is 4.98 Å². The van der Waals surface area contributed by atoms with E-state index in [1.807, 2.05) is 20.8 Å². The molecule has 2 unspecified atom stereocenters. The van der Waals surface area contributed by atoms with Crippen LogP contribution in [0.2, 0.25) is 0 Å². The Kier molecular flexibility index (Phi) is 6.18. The lowest BCUT2D eigenvalue weighted by atomic mass is 9.67. The number of carbonyl (C=O) groups excluding carboxylic acids is 1. The standard InChI is InChI=1S/C19H30N4O2.ClH/c1-10-14(17(25)23-18(21-10)19(2,3)4)16(24)22-15-11-6-5-7-12(15)9-13(20)8-11;/h11-13,15H,5-9,20H2,1-4H3,(H,22,24)(H,21,23,25);1H. The molecule has 2 bridgehead atoms. The van der Waals surface area contributed by atoms with Crippen molar-refractivity contribution in [2.75, 3.05) is 0 Å². The van der Waals surface area contributed by atoms with Gasteiger partial charge in [0.05, 0.1) is 5.69 Å². The monoisotopic (exact) mass is 382 g/mol. The Hall–Kier alpha value is -1.40. The number of carbonyl (C=O) groups is 1. The van der Waals surface area contributed by atoms with E-state index < -0.39 is 0 Å². The van der Waals surface area contributed by atoms with Crippen LogP contribution in [0.3, 0.4) is 0 Å². The highest BCUT2D eigenvalue weighted by Crippen LogP contribution is 2.39. The number of hydrogen-bond acceptors (Lipinski definition) is 4. The highest BCUT2D eigenvalue weighted by molar-refractivity contribution is 5.95. The number of fused-ring (bicyclic) bond motifs is 2. The molecule has 1 heterocycles. The topological polar surface area (TPSA) is 101 Å². The van der Waals surface area contributed by atoms with Crippen LogP contribution in [-0.2, 0) is 5.41 Å². The first-order valence-electron chi connectivity index (χ1n) is 9.34. The van der Waals surface area contributed by atoms with Gasteiger partial charge in [0.2, 0.25) is 0 Å². The molecule has 0 aromatic carbocycles. The number of nitrogens with two attached hydrogens (primary N) is 1. The molecule has 4 N–H and O–H groups in total. The maximum Gasteiger partial charge on any atom is 0.264 e. The molecule has 0 saturated heterocycles. The predicted molar refractivity (Wildman–Crippen MR) is 105 cm³/mol. The molecule has 3 rings (SSSR count). The molecule has 2 saturated carbocycles. The van der Waals surface area contributed by atoms with E-state index in [0.717, 1.165) is 25.7 Å². The van der Waals surface area contributed by atoms with Crippen molar-refractivity contribution in [1.82, 2.24) is 15.3 Å². The molecule has 146 valence electrons. The van der Waals surface area contributed by atoms with Crippen molar-refractivity contribution in [3.8, 4) is 0 Å². The summed E-state index contributed by atoms with van der Waals surface area (Å²) in [6.45, 7) is 7.68. The number of halogens is 1. The summed E-state index contributed by atoms with van der Waals surface area (Å²) in [6.07, 6.45) is 5.32. The van der Waals surface area contributed by atoms with Gasteiger partial charge in [-0.05, 0) is 44.4 Å². The van der Waals surface area contributed by atoms with Crippen LogP contribution in [0.25, 0.3) is 0 Å². The first-order valence-corrected chi connectivity index (χ1v) is 9.34. The fraction of sp³-hybridized carbons (Fsp3) is 0.737. The normalized spacial score (nSPS) is 28.2. The summed E-state index contributed by atoms with van der Waals surface area (Å²) in [5.41, 5.74) is 6.16. The van der Waals surface area contributed by atoms with E-state index >= 15 is 0 Å². The fourth-order valence-electron chi connectivity index (χ4n) is 4.46. The summed E-state index contributed by atoms with van der Waals surface area (Å²) in [7, 11) is 0. The van der Waals surface area contributed by atoms with Crippen LogP contribution < -0.4 is 16.6 Å². The second kappa shape index (κ2) is 7.69. The molecule has 2 fully saturated rings. The third-order valence-electron chi connectivity index (χ3n) is 5.71. The summed E-state index contributed by atoms with van der Waals surface area (Å²) in [6, 6.07) is 0.364. The van der Waals surface area contributed by atoms with E-state index in [1.165, 1.54) is 6.42 Å². The second-order valence-corrected chi connectivity index (χ2v) is 8.81. The van der Waals surface area contributed by atoms with Crippen molar-refractivity contribution in [2.45, 2.75) is 77.3 Å². The Balaban J connectivity index is 0.00000243. The molecule has 0 spiro atoms. The van der Waals surface area contributed by atoms with Crippen LogP contribution in [0.1, 0.15) is 74.8 Å². The van der Waals surface area contributed by atoms with Gasteiger partial charge in [-0.2, -0.15) is 0 Å². The lowest BCUT2D eigenvalue weighted by molar-refractivity contribution is 0.0753. The van der Waals surface area contributed by atoms with Gasteiger partial charge in [-0.3, -0.25) is 9.59 Å². The average molecular weight is 383 g/mol. The Morgan fingerprint density at radius 2 is 1.81 bits per heavy atom. The molecule has 6 nitrogen and oxygen atoms in total. The number of nitrogens with zero attached hydrogens (tertiary/aromatic N) is 1. The molecule has 26 heavy (non-hydrogen) atoms. The van der Waals surface area contributed by atoms with Crippen molar-refractivity contribution < 1.29 is 4.79 Å². The van der Waals surface area contributed by atoms with Crippen LogP contribution in [0.4, 0.5) is 0 Å². The van der Waals surface area contributed by atoms with Gasteiger partial charge in [-0.15, -0.1) is 12.4 Å². The van der Waals surface area contributed by atoms with Crippen molar-refractivity contribution in [3.05, 3.63) is 27.4 Å². The summed E-state index contributed by atoms with van der Waals surface area (Å²) >= 11 is 0. The molecular formula is C19H31ClN4O2. The zero-order valence-electron chi connectivity index (χ0n) is 16.1. The quantitative estimate of drug-likeness (QED) is 0.731. The van der Waals surface area contributed by atoms with Crippen molar-refractivity contribution in [3.63, 3.8) is 0 Å². The van der Waals surface area contributed by atoms with E-state index in [-0.39, 0.29) is 46.9 Å². The maximum atomic E-state index is 12.8. The SMILES string of the molecule is Cc1nc(C(C)(C)C)[nH]c(=O)c1C(=O)NC1C2CCCC1CC(N)C2.Cl. The minimum absolute atomic E-state index is 0. The van der Waals surface area contributed by atoms with Crippen LogP contribution in [0, 0.1) is 18.8 Å². The van der Waals surface area contributed by atoms with Crippen LogP contribution >= 0.6 is 12.4 Å². The van der Waals surface area contributed by atoms with Gasteiger partial charge in [0.25, 0.3) is 11.5 Å². The maximum absolute atomic E-state index is 12.8. The van der Waals surface area contributed by atoms with Crippen LogP contribution in [0.5, 0.6) is 0 Å². The molecule has 0 radical (unpaired) electrons. The number of nitrogens with one attached hydrogen (secondary N) is 2. The third kappa shape index (κ3) is 4.12.